The molecule has 8 nitrogen and oxygen atoms in total. The Balaban J connectivity index is 1.42. The van der Waals surface area contributed by atoms with Crippen LogP contribution in [0, 0.1) is 5.82 Å². The van der Waals surface area contributed by atoms with Crippen molar-refractivity contribution in [2.75, 3.05) is 5.32 Å². The van der Waals surface area contributed by atoms with Gasteiger partial charge in [0.05, 0.1) is 12.2 Å². The molecule has 0 radical (unpaired) electrons. The van der Waals surface area contributed by atoms with Gasteiger partial charge in [-0.15, -0.1) is 0 Å². The zero-order valence-electron chi connectivity index (χ0n) is 16.5. The fraction of sp³-hybridized carbons (Fsp3) is 0.0909. The number of fused-ring (bicyclic) bond motifs is 2. The van der Waals surface area contributed by atoms with Gasteiger partial charge in [0.25, 0.3) is 5.56 Å². The summed E-state index contributed by atoms with van der Waals surface area (Å²) in [6, 6.07) is 13.2. The third kappa shape index (κ3) is 3.57. The van der Waals surface area contributed by atoms with Gasteiger partial charge in [-0.2, -0.15) is 4.98 Å². The molecule has 9 heteroatoms. The van der Waals surface area contributed by atoms with E-state index in [-0.39, 0.29) is 11.5 Å². The molecule has 5 aromatic rings. The molecule has 0 aliphatic heterocycles. The van der Waals surface area contributed by atoms with Crippen molar-refractivity contribution in [2.24, 2.45) is 7.05 Å². The lowest BCUT2D eigenvalue weighted by atomic mass is 10.3. The Hall–Kier alpha value is -4.27. The van der Waals surface area contributed by atoms with Crippen LogP contribution in [0.3, 0.4) is 0 Å². The number of nitrogens with zero attached hydrogens (tertiary/aromatic N) is 5. The highest BCUT2D eigenvalue weighted by molar-refractivity contribution is 5.76. The Labute approximate surface area is 175 Å². The minimum atomic E-state index is -0.549. The Morgan fingerprint density at radius 1 is 1.10 bits per heavy atom. The summed E-state index contributed by atoms with van der Waals surface area (Å²) in [7, 11) is 1.58. The largest absolute Gasteiger partial charge is 0.448 e. The van der Waals surface area contributed by atoms with E-state index in [1.165, 1.54) is 22.8 Å². The zero-order chi connectivity index (χ0) is 21.4. The summed E-state index contributed by atoms with van der Waals surface area (Å²) in [4.78, 5) is 26.0. The molecular formula is C22H17FN6O2. The smallest absolute Gasteiger partial charge is 0.294 e. The molecule has 0 unspecified atom stereocenters. The Morgan fingerprint density at radius 3 is 2.77 bits per heavy atom. The fourth-order valence-electron chi connectivity index (χ4n) is 3.26. The first-order valence-corrected chi connectivity index (χ1v) is 9.54. The molecule has 4 heterocycles. The van der Waals surface area contributed by atoms with Gasteiger partial charge in [-0.05, 0) is 30.3 Å². The minimum absolute atomic E-state index is 0.00545. The monoisotopic (exact) mass is 416 g/mol. The number of hydrogen-bond acceptors (Lipinski definition) is 6. The molecule has 0 amide bonds. The first-order chi connectivity index (χ1) is 15.1. The van der Waals surface area contributed by atoms with Crippen LogP contribution in [0.5, 0.6) is 11.5 Å². The van der Waals surface area contributed by atoms with Crippen LogP contribution in [0.25, 0.3) is 16.7 Å². The molecule has 0 aliphatic carbocycles. The highest BCUT2D eigenvalue weighted by atomic mass is 19.1. The molecule has 0 saturated heterocycles. The Morgan fingerprint density at radius 2 is 1.94 bits per heavy atom. The molecule has 1 N–H and O–H groups in total. The van der Waals surface area contributed by atoms with Crippen molar-refractivity contribution in [2.45, 2.75) is 6.54 Å². The van der Waals surface area contributed by atoms with E-state index in [4.69, 9.17) is 4.74 Å². The van der Waals surface area contributed by atoms with Crippen LogP contribution in [0.2, 0.25) is 0 Å². The Kier molecular flexibility index (Phi) is 4.55. The number of anilines is 1. The number of nitrogens with one attached hydrogen (secondary N) is 1. The number of halogens is 1. The van der Waals surface area contributed by atoms with E-state index < -0.39 is 11.4 Å². The summed E-state index contributed by atoms with van der Waals surface area (Å²) in [5, 5.41) is 3.72. The summed E-state index contributed by atoms with van der Waals surface area (Å²) >= 11 is 0. The molecule has 31 heavy (non-hydrogen) atoms. The molecule has 0 fully saturated rings. The van der Waals surface area contributed by atoms with Crippen molar-refractivity contribution in [1.82, 2.24) is 23.9 Å². The van der Waals surface area contributed by atoms with Crippen LogP contribution in [0.4, 0.5) is 10.3 Å². The quantitative estimate of drug-likeness (QED) is 0.472. The third-order valence-corrected chi connectivity index (χ3v) is 4.81. The lowest BCUT2D eigenvalue weighted by Crippen LogP contribution is -2.20. The van der Waals surface area contributed by atoms with Gasteiger partial charge >= 0.3 is 0 Å². The number of pyridine rings is 2. The van der Waals surface area contributed by atoms with Crippen LogP contribution in [-0.2, 0) is 13.6 Å². The number of para-hydroxylation sites is 1. The number of aromatic nitrogens is 5. The molecule has 154 valence electrons. The SMILES string of the molecule is Cn1c(=O)c(Oc2ccccc2F)cc2cnc(NCc3cn4ccccc4n3)nc21. The lowest BCUT2D eigenvalue weighted by Gasteiger charge is -2.11. The van der Waals surface area contributed by atoms with E-state index in [1.807, 2.05) is 35.0 Å². The highest BCUT2D eigenvalue weighted by Crippen LogP contribution is 2.24. The first-order valence-electron chi connectivity index (χ1n) is 9.54. The summed E-state index contributed by atoms with van der Waals surface area (Å²) < 4.78 is 22.7. The molecule has 0 atom stereocenters. The maximum absolute atomic E-state index is 13.9. The van der Waals surface area contributed by atoms with Crippen molar-refractivity contribution >= 4 is 22.6 Å². The Bertz CT molecular complexity index is 1440. The summed E-state index contributed by atoms with van der Waals surface area (Å²) in [5.41, 5.74) is 1.68. The van der Waals surface area contributed by atoms with Crippen LogP contribution in [-0.4, -0.2) is 23.9 Å². The molecule has 0 spiro atoms. The molecule has 5 rings (SSSR count). The summed E-state index contributed by atoms with van der Waals surface area (Å²) in [5.74, 6) is -0.213. The van der Waals surface area contributed by atoms with Gasteiger partial charge in [0.15, 0.2) is 17.3 Å². The van der Waals surface area contributed by atoms with Crippen LogP contribution >= 0.6 is 0 Å². The number of ether oxygens (including phenoxy) is 1. The third-order valence-electron chi connectivity index (χ3n) is 4.81. The van der Waals surface area contributed by atoms with Crippen LogP contribution in [0.15, 0.2) is 71.9 Å². The van der Waals surface area contributed by atoms with Crippen molar-refractivity contribution in [3.05, 3.63) is 89.0 Å². The fourth-order valence-corrected chi connectivity index (χ4v) is 3.26. The molecular weight excluding hydrogens is 399 g/mol. The predicted molar refractivity (Wildman–Crippen MR) is 114 cm³/mol. The average Bonchev–Trinajstić information content (AvgIpc) is 3.20. The van der Waals surface area contributed by atoms with Gasteiger partial charge in [0.1, 0.15) is 11.3 Å². The van der Waals surface area contributed by atoms with Crippen molar-refractivity contribution in [3.63, 3.8) is 0 Å². The van der Waals surface area contributed by atoms with Crippen molar-refractivity contribution < 1.29 is 9.13 Å². The second-order valence-corrected chi connectivity index (χ2v) is 6.93. The molecule has 0 aliphatic rings. The van der Waals surface area contributed by atoms with Crippen LogP contribution in [0.1, 0.15) is 5.69 Å². The van der Waals surface area contributed by atoms with E-state index in [2.05, 4.69) is 20.3 Å². The van der Waals surface area contributed by atoms with E-state index in [0.717, 1.165) is 11.3 Å². The van der Waals surface area contributed by atoms with Crippen molar-refractivity contribution in [3.8, 4) is 11.5 Å². The topological polar surface area (TPSA) is 86.3 Å². The van der Waals surface area contributed by atoms with Gasteiger partial charge < -0.3 is 14.5 Å². The average molecular weight is 416 g/mol. The number of benzene rings is 1. The standard InChI is InChI=1S/C22H17FN6O2/c1-28-20-14(10-18(21(28)30)31-17-7-3-2-6-16(17)23)11-24-22(27-20)25-12-15-13-29-9-5-4-8-19(29)26-15/h2-11,13H,12H2,1H3,(H,24,25,27). The van der Waals surface area contributed by atoms with Crippen molar-refractivity contribution in [1.29, 1.82) is 0 Å². The number of imidazole rings is 1. The van der Waals surface area contributed by atoms with E-state index in [1.54, 1.807) is 25.4 Å². The van der Waals surface area contributed by atoms with Gasteiger partial charge in [0, 0.05) is 31.0 Å². The molecule has 4 aromatic heterocycles. The maximum Gasteiger partial charge on any atom is 0.294 e. The summed E-state index contributed by atoms with van der Waals surface area (Å²) in [6.07, 6.45) is 5.43. The molecule has 0 bridgehead atoms. The molecule has 0 saturated carbocycles. The van der Waals surface area contributed by atoms with E-state index in [0.29, 0.717) is 23.5 Å². The lowest BCUT2D eigenvalue weighted by molar-refractivity contribution is 0.434. The minimum Gasteiger partial charge on any atom is -0.448 e. The summed E-state index contributed by atoms with van der Waals surface area (Å²) in [6.45, 7) is 0.426. The van der Waals surface area contributed by atoms with E-state index >= 15 is 0 Å². The highest BCUT2D eigenvalue weighted by Gasteiger charge is 2.13. The van der Waals surface area contributed by atoms with E-state index in [9.17, 15) is 9.18 Å². The van der Waals surface area contributed by atoms with Gasteiger partial charge in [-0.3, -0.25) is 9.36 Å². The van der Waals surface area contributed by atoms with Gasteiger partial charge in [0.2, 0.25) is 5.95 Å². The zero-order valence-corrected chi connectivity index (χ0v) is 16.5. The second-order valence-electron chi connectivity index (χ2n) is 6.93. The molecule has 1 aromatic carbocycles. The first kappa shape index (κ1) is 18.7. The maximum atomic E-state index is 13.9. The normalized spacial score (nSPS) is 11.2. The van der Waals surface area contributed by atoms with Gasteiger partial charge in [-0.25, -0.2) is 14.4 Å². The number of rotatable bonds is 5. The van der Waals surface area contributed by atoms with Gasteiger partial charge in [-0.1, -0.05) is 18.2 Å². The number of aryl methyl sites for hydroxylation is 1. The number of hydrogen-bond donors (Lipinski definition) is 1. The predicted octanol–water partition coefficient (Wildman–Crippen LogP) is 3.52. The van der Waals surface area contributed by atoms with Crippen LogP contribution < -0.4 is 15.6 Å². The second kappa shape index (κ2) is 7.52.